The zero-order chi connectivity index (χ0) is 20.4. The second-order valence-electron chi connectivity index (χ2n) is 7.30. The van der Waals surface area contributed by atoms with E-state index in [1.165, 1.54) is 0 Å². The molecule has 1 aliphatic carbocycles. The van der Waals surface area contributed by atoms with Gasteiger partial charge in [-0.2, -0.15) is 18.4 Å². The Bertz CT molecular complexity index is 614. The van der Waals surface area contributed by atoms with E-state index in [4.69, 9.17) is 20.4 Å². The molecule has 7 nitrogen and oxygen atoms in total. The molecule has 2 heterocycles. The molecule has 2 aliphatic heterocycles. The molecule has 0 bridgehead atoms. The van der Waals surface area contributed by atoms with Crippen LogP contribution < -0.4 is 5.73 Å². The first-order valence-corrected chi connectivity index (χ1v) is 8.92. The standard InChI is InChI=1S/C15H23N3O2.C2HF3O2/c1-2-15(3-5-20-6-4-15)13(17)14(19)18-11(9-16)7-10-8-12(10)18;3-2(4,5)1(6)7/h10-13H,2-8,17H2,1H3;(H,6,7)/t10-,11+,12+,13-;/m1./s1. The van der Waals surface area contributed by atoms with Gasteiger partial charge in [0.2, 0.25) is 5.91 Å². The molecule has 3 rings (SSSR count). The fourth-order valence-corrected chi connectivity index (χ4v) is 3.97. The van der Waals surface area contributed by atoms with Gasteiger partial charge in [-0.3, -0.25) is 4.79 Å². The van der Waals surface area contributed by atoms with Crippen LogP contribution in [0.1, 0.15) is 39.0 Å². The van der Waals surface area contributed by atoms with Gasteiger partial charge in [-0.15, -0.1) is 0 Å². The van der Waals surface area contributed by atoms with Crippen LogP contribution in [-0.2, 0) is 14.3 Å². The molecule has 2 saturated heterocycles. The summed E-state index contributed by atoms with van der Waals surface area (Å²) < 4.78 is 37.2. The number of aliphatic carboxylic acids is 1. The topological polar surface area (TPSA) is 117 Å². The minimum atomic E-state index is -5.08. The number of carboxylic acid groups (broad SMARTS) is 1. The van der Waals surface area contributed by atoms with Crippen LogP contribution in [0.2, 0.25) is 0 Å². The number of carbonyl (C=O) groups excluding carboxylic acids is 1. The average molecular weight is 391 g/mol. The molecule has 3 fully saturated rings. The van der Waals surface area contributed by atoms with E-state index < -0.39 is 18.2 Å². The van der Waals surface area contributed by atoms with Crippen LogP contribution in [-0.4, -0.2) is 59.4 Å². The number of ether oxygens (including phenoxy) is 1. The third-order valence-corrected chi connectivity index (χ3v) is 5.87. The van der Waals surface area contributed by atoms with Gasteiger partial charge in [-0.25, -0.2) is 4.79 Å². The second kappa shape index (κ2) is 8.02. The molecule has 27 heavy (non-hydrogen) atoms. The summed E-state index contributed by atoms with van der Waals surface area (Å²) in [6.45, 7) is 3.47. The van der Waals surface area contributed by atoms with Crippen LogP contribution in [0.3, 0.4) is 0 Å². The van der Waals surface area contributed by atoms with Crippen LogP contribution in [0, 0.1) is 22.7 Å². The van der Waals surface area contributed by atoms with Gasteiger partial charge >= 0.3 is 12.1 Å². The van der Waals surface area contributed by atoms with Crippen LogP contribution >= 0.6 is 0 Å². The molecule has 0 spiro atoms. The Morgan fingerprint density at radius 1 is 1.37 bits per heavy atom. The highest BCUT2D eigenvalue weighted by molar-refractivity contribution is 5.84. The maximum atomic E-state index is 12.8. The van der Waals surface area contributed by atoms with Gasteiger partial charge in [0.25, 0.3) is 0 Å². The number of alkyl halides is 3. The van der Waals surface area contributed by atoms with Gasteiger partial charge in [0.15, 0.2) is 0 Å². The SMILES string of the molecule is CCC1([C@H](N)C(=O)N2[C@H](C#N)C[C@@H]3C[C@@H]32)CCOCC1.O=C(O)C(F)(F)F. The highest BCUT2D eigenvalue weighted by atomic mass is 19.4. The van der Waals surface area contributed by atoms with Gasteiger partial charge in [0, 0.05) is 19.3 Å². The number of rotatable bonds is 3. The summed E-state index contributed by atoms with van der Waals surface area (Å²) >= 11 is 0. The quantitative estimate of drug-likeness (QED) is 0.756. The van der Waals surface area contributed by atoms with E-state index >= 15 is 0 Å². The van der Waals surface area contributed by atoms with Crippen LogP contribution in [0.25, 0.3) is 0 Å². The van der Waals surface area contributed by atoms with Crippen LogP contribution in [0.4, 0.5) is 13.2 Å². The fourth-order valence-electron chi connectivity index (χ4n) is 3.97. The molecule has 10 heteroatoms. The van der Waals surface area contributed by atoms with E-state index in [-0.39, 0.29) is 23.4 Å². The Balaban J connectivity index is 0.000000321. The average Bonchev–Trinajstić information content (AvgIpc) is 3.30. The number of nitriles is 1. The van der Waals surface area contributed by atoms with Crippen molar-refractivity contribution in [2.75, 3.05) is 13.2 Å². The predicted molar refractivity (Wildman–Crippen MR) is 87.2 cm³/mol. The lowest BCUT2D eigenvalue weighted by Crippen LogP contribution is -2.56. The Hall–Kier alpha value is -1.86. The van der Waals surface area contributed by atoms with Crippen molar-refractivity contribution in [3.63, 3.8) is 0 Å². The third-order valence-electron chi connectivity index (χ3n) is 5.87. The number of nitrogens with zero attached hydrogens (tertiary/aromatic N) is 2. The number of piperidine rings is 1. The molecule has 0 aromatic heterocycles. The van der Waals surface area contributed by atoms with Gasteiger partial charge in [-0.05, 0) is 43.4 Å². The van der Waals surface area contributed by atoms with Gasteiger partial charge in [0.05, 0.1) is 12.1 Å². The second-order valence-corrected chi connectivity index (χ2v) is 7.30. The van der Waals surface area contributed by atoms with Crippen molar-refractivity contribution >= 4 is 11.9 Å². The summed E-state index contributed by atoms with van der Waals surface area (Å²) in [5.41, 5.74) is 6.21. The number of halogens is 3. The van der Waals surface area contributed by atoms with E-state index in [0.29, 0.717) is 19.1 Å². The molecule has 0 unspecified atom stereocenters. The van der Waals surface area contributed by atoms with Crippen molar-refractivity contribution < 1.29 is 32.6 Å². The predicted octanol–water partition coefficient (Wildman–Crippen LogP) is 1.67. The molecule has 3 aliphatic rings. The van der Waals surface area contributed by atoms with Crippen molar-refractivity contribution in [2.45, 2.75) is 63.3 Å². The number of hydrogen-bond acceptors (Lipinski definition) is 5. The van der Waals surface area contributed by atoms with Crippen molar-refractivity contribution in [3.05, 3.63) is 0 Å². The molecule has 0 radical (unpaired) electrons. The van der Waals surface area contributed by atoms with Crippen molar-refractivity contribution in [1.82, 2.24) is 4.90 Å². The van der Waals surface area contributed by atoms with E-state index in [9.17, 15) is 23.2 Å². The largest absolute Gasteiger partial charge is 0.490 e. The van der Waals surface area contributed by atoms with E-state index in [1.807, 2.05) is 0 Å². The number of hydrogen-bond donors (Lipinski definition) is 2. The molecule has 0 aromatic carbocycles. The lowest BCUT2D eigenvalue weighted by molar-refractivity contribution is -0.192. The lowest BCUT2D eigenvalue weighted by atomic mass is 9.71. The summed E-state index contributed by atoms with van der Waals surface area (Å²) in [6.07, 6.45) is -0.617. The maximum Gasteiger partial charge on any atom is 0.490 e. The summed E-state index contributed by atoms with van der Waals surface area (Å²) in [5.74, 6) is -2.22. The van der Waals surface area contributed by atoms with Crippen molar-refractivity contribution in [3.8, 4) is 6.07 Å². The fraction of sp³-hybridized carbons (Fsp3) is 0.824. The van der Waals surface area contributed by atoms with E-state index in [1.54, 1.807) is 4.90 Å². The smallest absolute Gasteiger partial charge is 0.475 e. The summed E-state index contributed by atoms with van der Waals surface area (Å²) in [5, 5.41) is 16.4. The number of amides is 1. The molecular weight excluding hydrogens is 367 g/mol. The first kappa shape index (κ1) is 21.4. The Morgan fingerprint density at radius 3 is 2.37 bits per heavy atom. The van der Waals surface area contributed by atoms with Crippen LogP contribution in [0.15, 0.2) is 0 Å². The number of carbonyl (C=O) groups is 2. The summed E-state index contributed by atoms with van der Waals surface area (Å²) in [4.78, 5) is 23.5. The molecule has 4 atom stereocenters. The first-order valence-electron chi connectivity index (χ1n) is 8.92. The maximum absolute atomic E-state index is 12.8. The van der Waals surface area contributed by atoms with E-state index in [0.717, 1.165) is 32.1 Å². The third kappa shape index (κ3) is 4.52. The highest BCUT2D eigenvalue weighted by Crippen LogP contribution is 2.49. The molecule has 152 valence electrons. The van der Waals surface area contributed by atoms with Gasteiger partial charge in [-0.1, -0.05) is 6.92 Å². The summed E-state index contributed by atoms with van der Waals surface area (Å²) in [6, 6.07) is 1.80. The molecule has 1 saturated carbocycles. The monoisotopic (exact) mass is 391 g/mol. The van der Waals surface area contributed by atoms with Gasteiger partial charge < -0.3 is 20.5 Å². The molecular formula is C17H24F3N3O4. The Morgan fingerprint density at radius 2 is 1.93 bits per heavy atom. The minimum absolute atomic E-state index is 0.00898. The van der Waals surface area contributed by atoms with Crippen molar-refractivity contribution in [1.29, 1.82) is 5.26 Å². The normalized spacial score (nSPS) is 29.6. The Kier molecular flexibility index (Phi) is 6.37. The Labute approximate surface area is 155 Å². The summed E-state index contributed by atoms with van der Waals surface area (Å²) in [7, 11) is 0. The number of nitrogens with two attached hydrogens (primary N) is 1. The minimum Gasteiger partial charge on any atom is -0.475 e. The molecule has 0 aromatic rings. The highest BCUT2D eigenvalue weighted by Gasteiger charge is 2.56. The first-order chi connectivity index (χ1) is 12.6. The number of likely N-dealkylation sites (tertiary alicyclic amines) is 1. The molecule has 3 N–H and O–H groups in total. The zero-order valence-electron chi connectivity index (χ0n) is 15.0. The van der Waals surface area contributed by atoms with Gasteiger partial charge in [0.1, 0.15) is 6.04 Å². The number of carboxylic acids is 1. The van der Waals surface area contributed by atoms with Crippen molar-refractivity contribution in [2.24, 2.45) is 17.1 Å². The molecule has 1 amide bonds. The van der Waals surface area contributed by atoms with Crippen LogP contribution in [0.5, 0.6) is 0 Å². The van der Waals surface area contributed by atoms with E-state index in [2.05, 4.69) is 13.0 Å². The zero-order valence-corrected chi connectivity index (χ0v) is 15.0. The lowest BCUT2D eigenvalue weighted by Gasteiger charge is -2.42. The number of fused-ring (bicyclic) bond motifs is 1.